The SMILES string of the molecule is Nc1cc(-c2nc(-c3ccc4nccnc4c3)no2)[nH]n1. The Kier molecular flexibility index (Phi) is 2.40. The van der Waals surface area contributed by atoms with Gasteiger partial charge in [0.1, 0.15) is 11.5 Å². The van der Waals surface area contributed by atoms with E-state index in [0.717, 1.165) is 16.6 Å². The van der Waals surface area contributed by atoms with Crippen molar-refractivity contribution in [3.8, 4) is 23.0 Å². The molecular weight excluding hydrogens is 270 g/mol. The molecule has 4 rings (SSSR count). The third-order valence-corrected chi connectivity index (χ3v) is 2.98. The molecule has 0 aliphatic carbocycles. The van der Waals surface area contributed by atoms with Crippen molar-refractivity contribution in [3.05, 3.63) is 36.7 Å². The van der Waals surface area contributed by atoms with Gasteiger partial charge in [-0.3, -0.25) is 15.1 Å². The van der Waals surface area contributed by atoms with Crippen molar-refractivity contribution in [1.29, 1.82) is 0 Å². The summed E-state index contributed by atoms with van der Waals surface area (Å²) >= 11 is 0. The van der Waals surface area contributed by atoms with E-state index < -0.39 is 0 Å². The molecule has 0 radical (unpaired) electrons. The molecule has 3 heterocycles. The molecule has 0 spiro atoms. The van der Waals surface area contributed by atoms with Crippen LogP contribution in [0.4, 0.5) is 5.82 Å². The summed E-state index contributed by atoms with van der Waals surface area (Å²) in [6.07, 6.45) is 3.29. The first-order valence-corrected chi connectivity index (χ1v) is 6.16. The summed E-state index contributed by atoms with van der Waals surface area (Å²) in [7, 11) is 0. The van der Waals surface area contributed by atoms with E-state index in [1.165, 1.54) is 0 Å². The zero-order chi connectivity index (χ0) is 14.2. The highest BCUT2D eigenvalue weighted by molar-refractivity contribution is 5.79. The van der Waals surface area contributed by atoms with Crippen LogP contribution in [-0.4, -0.2) is 30.3 Å². The Labute approximate surface area is 118 Å². The van der Waals surface area contributed by atoms with Gasteiger partial charge in [-0.1, -0.05) is 5.16 Å². The second-order valence-corrected chi connectivity index (χ2v) is 4.39. The zero-order valence-corrected chi connectivity index (χ0v) is 10.7. The lowest BCUT2D eigenvalue weighted by Gasteiger charge is -1.97. The summed E-state index contributed by atoms with van der Waals surface area (Å²) in [5.41, 5.74) is 8.50. The summed E-state index contributed by atoms with van der Waals surface area (Å²) in [6, 6.07) is 7.22. The molecule has 3 N–H and O–H groups in total. The molecule has 21 heavy (non-hydrogen) atoms. The van der Waals surface area contributed by atoms with Crippen LogP contribution >= 0.6 is 0 Å². The molecular formula is C13H9N7O. The van der Waals surface area contributed by atoms with Gasteiger partial charge in [0, 0.05) is 24.0 Å². The summed E-state index contributed by atoms with van der Waals surface area (Å²) < 4.78 is 5.21. The van der Waals surface area contributed by atoms with Crippen LogP contribution in [0.3, 0.4) is 0 Å². The van der Waals surface area contributed by atoms with Crippen molar-refractivity contribution in [2.75, 3.05) is 5.73 Å². The van der Waals surface area contributed by atoms with Gasteiger partial charge in [-0.2, -0.15) is 10.1 Å². The van der Waals surface area contributed by atoms with E-state index in [1.807, 2.05) is 18.2 Å². The largest absolute Gasteiger partial charge is 0.382 e. The van der Waals surface area contributed by atoms with Crippen LogP contribution in [0, 0.1) is 0 Å². The Balaban J connectivity index is 1.77. The molecule has 8 nitrogen and oxygen atoms in total. The highest BCUT2D eigenvalue weighted by Gasteiger charge is 2.13. The Hall–Kier alpha value is -3.29. The Morgan fingerprint density at radius 2 is 1.90 bits per heavy atom. The van der Waals surface area contributed by atoms with Crippen molar-refractivity contribution in [2.45, 2.75) is 0 Å². The zero-order valence-electron chi connectivity index (χ0n) is 10.7. The van der Waals surface area contributed by atoms with Gasteiger partial charge in [0.25, 0.3) is 5.89 Å². The molecule has 0 aliphatic rings. The molecule has 0 atom stereocenters. The monoisotopic (exact) mass is 279 g/mol. The van der Waals surface area contributed by atoms with Gasteiger partial charge < -0.3 is 10.3 Å². The number of aromatic nitrogens is 6. The number of hydrogen-bond donors (Lipinski definition) is 2. The van der Waals surface area contributed by atoms with Crippen LogP contribution in [0.5, 0.6) is 0 Å². The highest BCUT2D eigenvalue weighted by atomic mass is 16.5. The summed E-state index contributed by atoms with van der Waals surface area (Å²) in [6.45, 7) is 0. The molecule has 0 aliphatic heterocycles. The third-order valence-electron chi connectivity index (χ3n) is 2.98. The fourth-order valence-electron chi connectivity index (χ4n) is 2.00. The topological polar surface area (TPSA) is 119 Å². The number of aromatic amines is 1. The third kappa shape index (κ3) is 1.98. The number of anilines is 1. The van der Waals surface area contributed by atoms with Crippen molar-refractivity contribution in [3.63, 3.8) is 0 Å². The number of nitrogen functional groups attached to an aromatic ring is 1. The molecule has 0 amide bonds. The molecule has 0 unspecified atom stereocenters. The van der Waals surface area contributed by atoms with Gasteiger partial charge in [0.2, 0.25) is 5.82 Å². The molecule has 0 saturated heterocycles. The standard InChI is InChI=1S/C13H9N7O/c14-11-6-10(18-19-11)13-17-12(20-21-13)7-1-2-8-9(5-7)16-4-3-15-8/h1-6H,(H3,14,18,19). The van der Waals surface area contributed by atoms with E-state index in [1.54, 1.807) is 18.5 Å². The first-order chi connectivity index (χ1) is 10.3. The number of H-pyrrole nitrogens is 1. The maximum absolute atomic E-state index is 5.55. The average molecular weight is 279 g/mol. The predicted molar refractivity (Wildman–Crippen MR) is 74.8 cm³/mol. The summed E-state index contributed by atoms with van der Waals surface area (Å²) in [4.78, 5) is 12.8. The smallest absolute Gasteiger partial charge is 0.276 e. The quantitative estimate of drug-likeness (QED) is 0.572. The average Bonchev–Trinajstić information content (AvgIpc) is 3.15. The predicted octanol–water partition coefficient (Wildman–Crippen LogP) is 1.65. The number of benzene rings is 1. The van der Waals surface area contributed by atoms with Gasteiger partial charge >= 0.3 is 0 Å². The fourth-order valence-corrected chi connectivity index (χ4v) is 2.00. The van der Waals surface area contributed by atoms with E-state index in [2.05, 4.69) is 30.3 Å². The lowest BCUT2D eigenvalue weighted by Crippen LogP contribution is -1.85. The molecule has 0 fully saturated rings. The second-order valence-electron chi connectivity index (χ2n) is 4.39. The number of rotatable bonds is 2. The number of nitrogens with two attached hydrogens (primary N) is 1. The van der Waals surface area contributed by atoms with E-state index in [9.17, 15) is 0 Å². The van der Waals surface area contributed by atoms with E-state index in [4.69, 9.17) is 10.3 Å². The van der Waals surface area contributed by atoms with Gasteiger partial charge in [-0.25, -0.2) is 0 Å². The van der Waals surface area contributed by atoms with Crippen LogP contribution in [0.1, 0.15) is 0 Å². The summed E-state index contributed by atoms with van der Waals surface area (Å²) in [5, 5.41) is 10.5. The van der Waals surface area contributed by atoms with Crippen molar-refractivity contribution in [2.24, 2.45) is 0 Å². The lowest BCUT2D eigenvalue weighted by atomic mass is 10.2. The highest BCUT2D eigenvalue weighted by Crippen LogP contribution is 2.23. The Morgan fingerprint density at radius 1 is 1.05 bits per heavy atom. The molecule has 8 heteroatoms. The molecule has 0 bridgehead atoms. The van der Waals surface area contributed by atoms with Gasteiger partial charge in [0.05, 0.1) is 11.0 Å². The lowest BCUT2D eigenvalue weighted by molar-refractivity contribution is 0.431. The van der Waals surface area contributed by atoms with Crippen LogP contribution in [0.15, 0.2) is 41.2 Å². The van der Waals surface area contributed by atoms with Crippen LogP contribution in [0.25, 0.3) is 34.0 Å². The van der Waals surface area contributed by atoms with Crippen LogP contribution < -0.4 is 5.73 Å². The first-order valence-electron chi connectivity index (χ1n) is 6.16. The number of nitrogens with zero attached hydrogens (tertiary/aromatic N) is 5. The fraction of sp³-hybridized carbons (Fsp3) is 0. The van der Waals surface area contributed by atoms with E-state index in [0.29, 0.717) is 23.2 Å². The van der Waals surface area contributed by atoms with Crippen molar-refractivity contribution < 1.29 is 4.52 Å². The van der Waals surface area contributed by atoms with Gasteiger partial charge in [-0.05, 0) is 18.2 Å². The second kappa shape index (κ2) is 4.37. The Bertz CT molecular complexity index is 927. The van der Waals surface area contributed by atoms with Gasteiger partial charge in [0.15, 0.2) is 0 Å². The minimum atomic E-state index is 0.327. The minimum absolute atomic E-state index is 0.327. The molecule has 1 aromatic carbocycles. The maximum atomic E-state index is 5.55. The minimum Gasteiger partial charge on any atom is -0.382 e. The first kappa shape index (κ1) is 11.5. The van der Waals surface area contributed by atoms with Gasteiger partial charge in [-0.15, -0.1) is 0 Å². The van der Waals surface area contributed by atoms with E-state index in [-0.39, 0.29) is 0 Å². The van der Waals surface area contributed by atoms with E-state index >= 15 is 0 Å². The molecule has 3 aromatic heterocycles. The normalized spacial score (nSPS) is 11.0. The van der Waals surface area contributed by atoms with Crippen LogP contribution in [-0.2, 0) is 0 Å². The van der Waals surface area contributed by atoms with Crippen molar-refractivity contribution >= 4 is 16.9 Å². The Morgan fingerprint density at radius 3 is 2.71 bits per heavy atom. The summed E-state index contributed by atoms with van der Waals surface area (Å²) in [5.74, 6) is 1.16. The maximum Gasteiger partial charge on any atom is 0.276 e. The molecule has 0 saturated carbocycles. The van der Waals surface area contributed by atoms with Crippen LogP contribution in [0.2, 0.25) is 0 Å². The number of nitrogens with one attached hydrogen (secondary N) is 1. The molecule has 4 aromatic rings. The number of fused-ring (bicyclic) bond motifs is 1. The number of hydrogen-bond acceptors (Lipinski definition) is 7. The van der Waals surface area contributed by atoms with Crippen molar-refractivity contribution in [1.82, 2.24) is 30.3 Å². The molecule has 102 valence electrons.